The van der Waals surface area contributed by atoms with Gasteiger partial charge in [0.25, 0.3) is 0 Å². The van der Waals surface area contributed by atoms with Crippen LogP contribution >= 0.6 is 0 Å². The molecule has 1 radical (unpaired) electrons. The van der Waals surface area contributed by atoms with E-state index in [0.717, 1.165) is 0 Å². The third kappa shape index (κ3) is 4.76. The normalized spacial score (nSPS) is 15.0. The van der Waals surface area contributed by atoms with Crippen molar-refractivity contribution in [2.75, 3.05) is 0 Å². The summed E-state index contributed by atoms with van der Waals surface area (Å²) >= 11 is 0. The monoisotopic (exact) mass is 566 g/mol. The third-order valence-corrected chi connectivity index (χ3v) is 5.98. The van der Waals surface area contributed by atoms with Crippen LogP contribution in [0.5, 0.6) is 0 Å². The minimum Gasteiger partial charge on any atom is -0.327 e. The van der Waals surface area contributed by atoms with Gasteiger partial charge in [-0.2, -0.15) is 0 Å². The van der Waals surface area contributed by atoms with Crippen molar-refractivity contribution in [3.8, 4) is 11.3 Å². The summed E-state index contributed by atoms with van der Waals surface area (Å²) in [5.74, 6) is 0.431. The molecule has 1 atom stereocenters. The molecular formula is C27H35IrN. The van der Waals surface area contributed by atoms with E-state index in [0.29, 0.717) is 5.92 Å². The van der Waals surface area contributed by atoms with Gasteiger partial charge in [0.2, 0.25) is 0 Å². The van der Waals surface area contributed by atoms with Crippen LogP contribution in [0.3, 0.4) is 0 Å². The third-order valence-electron chi connectivity index (χ3n) is 5.98. The second-order valence-corrected chi connectivity index (χ2v) is 9.07. The van der Waals surface area contributed by atoms with Crippen LogP contribution in [0.15, 0.2) is 54.7 Å². The van der Waals surface area contributed by atoms with Crippen LogP contribution in [-0.4, -0.2) is 0 Å². The topological polar surface area (TPSA) is 3.88 Å². The minimum atomic E-state index is 0. The van der Waals surface area contributed by atoms with Crippen LogP contribution in [0.1, 0.15) is 78.4 Å². The quantitative estimate of drug-likeness (QED) is 0.214. The van der Waals surface area contributed by atoms with E-state index in [9.17, 15) is 0 Å². The van der Waals surface area contributed by atoms with Crippen LogP contribution in [0.25, 0.3) is 22.0 Å². The fourth-order valence-corrected chi connectivity index (χ4v) is 3.74. The first kappa shape index (κ1) is 23.6. The van der Waals surface area contributed by atoms with Gasteiger partial charge >= 0.3 is 0 Å². The standard InChI is InChI=1S/C23H25N.C4H10.Ir/c1-15-16(2)24-14-18-9-7-6-8-17(18)12-22(24)20-11-10-19(13-21(15)20)23(3,4)5;1-3-4-2;/h6-15H,1-5H3;3-4H2,1-2H3;. The van der Waals surface area contributed by atoms with Gasteiger partial charge in [-0.1, -0.05) is 96.8 Å². The average molecular weight is 566 g/mol. The molecule has 0 spiro atoms. The van der Waals surface area contributed by atoms with E-state index in [-0.39, 0.29) is 25.5 Å². The van der Waals surface area contributed by atoms with Crippen LogP contribution in [0.2, 0.25) is 0 Å². The molecule has 29 heavy (non-hydrogen) atoms. The number of fused-ring (bicyclic) bond motifs is 4. The maximum atomic E-state index is 2.42. The van der Waals surface area contributed by atoms with Crippen LogP contribution < -0.4 is 4.57 Å². The zero-order valence-corrected chi connectivity index (χ0v) is 21.4. The van der Waals surface area contributed by atoms with Crippen molar-refractivity contribution >= 4 is 10.8 Å². The van der Waals surface area contributed by atoms with Crippen molar-refractivity contribution < 1.29 is 24.7 Å². The first-order valence-corrected chi connectivity index (χ1v) is 10.7. The molecule has 4 rings (SSSR count). The number of aromatic nitrogens is 1. The van der Waals surface area contributed by atoms with E-state index < -0.39 is 0 Å². The number of unbranched alkanes of at least 4 members (excludes halogenated alkanes) is 1. The number of pyridine rings is 1. The Morgan fingerprint density at radius 3 is 2.14 bits per heavy atom. The number of rotatable bonds is 1. The summed E-state index contributed by atoms with van der Waals surface area (Å²) in [6.45, 7) is 15.8. The second-order valence-electron chi connectivity index (χ2n) is 9.07. The summed E-state index contributed by atoms with van der Waals surface area (Å²) in [6, 6.07) is 19.4. The average Bonchev–Trinajstić information content (AvgIpc) is 2.70. The summed E-state index contributed by atoms with van der Waals surface area (Å²) in [4.78, 5) is 0. The maximum Gasteiger partial charge on any atom is 0.113 e. The van der Waals surface area contributed by atoms with Crippen molar-refractivity contribution in [3.63, 3.8) is 0 Å². The van der Waals surface area contributed by atoms with Gasteiger partial charge in [-0.15, -0.1) is 0 Å². The van der Waals surface area contributed by atoms with Crippen molar-refractivity contribution in [2.45, 2.75) is 72.6 Å². The summed E-state index contributed by atoms with van der Waals surface area (Å²) < 4.78 is 2.38. The Hall–Kier alpha value is -1.63. The van der Waals surface area contributed by atoms with Gasteiger partial charge in [-0.25, -0.2) is 0 Å². The predicted octanol–water partition coefficient (Wildman–Crippen LogP) is 7.41. The molecule has 0 fully saturated rings. The first-order chi connectivity index (χ1) is 13.3. The second kappa shape index (κ2) is 9.45. The minimum absolute atomic E-state index is 0. The molecule has 2 aromatic carbocycles. The molecule has 2 heteroatoms. The SMILES string of the molecule is CCCC.C[C-]1C(C)c2cc(C(C)(C)C)ccc2-c2cc3ccccc3c[n+]21.[Ir]. The van der Waals surface area contributed by atoms with E-state index >= 15 is 0 Å². The van der Waals surface area contributed by atoms with Crippen molar-refractivity contribution in [3.05, 3.63) is 71.9 Å². The molecule has 1 aliphatic heterocycles. The number of hydrogen-bond acceptors (Lipinski definition) is 0. The Bertz CT molecular complexity index is 966. The summed E-state index contributed by atoms with van der Waals surface area (Å²) in [6.07, 6.45) is 4.93. The van der Waals surface area contributed by atoms with E-state index in [1.807, 2.05) is 0 Å². The molecule has 157 valence electrons. The smallest absolute Gasteiger partial charge is 0.113 e. The van der Waals surface area contributed by atoms with E-state index in [2.05, 4.69) is 108 Å². The fourth-order valence-electron chi connectivity index (χ4n) is 3.74. The fraction of sp³-hybridized carbons (Fsp3) is 0.407. The predicted molar refractivity (Wildman–Crippen MR) is 122 cm³/mol. The molecule has 0 amide bonds. The molecular weight excluding hydrogens is 531 g/mol. The van der Waals surface area contributed by atoms with Crippen LogP contribution in [-0.2, 0) is 25.5 Å². The maximum absolute atomic E-state index is 2.42. The number of benzene rings is 2. The Morgan fingerprint density at radius 2 is 1.55 bits per heavy atom. The molecule has 0 saturated carbocycles. The molecule has 1 unspecified atom stereocenters. The van der Waals surface area contributed by atoms with Gasteiger partial charge in [-0.3, -0.25) is 0 Å². The largest absolute Gasteiger partial charge is 0.327 e. The molecule has 2 heterocycles. The molecule has 3 aromatic rings. The first-order valence-electron chi connectivity index (χ1n) is 10.7. The van der Waals surface area contributed by atoms with Gasteiger partial charge < -0.3 is 4.57 Å². The van der Waals surface area contributed by atoms with Crippen molar-refractivity contribution in [1.29, 1.82) is 0 Å². The Labute approximate surface area is 190 Å². The van der Waals surface area contributed by atoms with Gasteiger partial charge in [0.05, 0.1) is 12.2 Å². The molecule has 0 saturated heterocycles. The van der Waals surface area contributed by atoms with E-state index in [1.54, 1.807) is 0 Å². The molecule has 0 bridgehead atoms. The summed E-state index contributed by atoms with van der Waals surface area (Å²) in [5.41, 5.74) is 5.72. The Balaban J connectivity index is 0.000000552. The Kier molecular flexibility index (Phi) is 7.71. The van der Waals surface area contributed by atoms with Crippen molar-refractivity contribution in [2.24, 2.45) is 0 Å². The van der Waals surface area contributed by atoms with Crippen LogP contribution in [0, 0.1) is 6.04 Å². The van der Waals surface area contributed by atoms with E-state index in [4.69, 9.17) is 0 Å². The number of hydrogen-bond donors (Lipinski definition) is 0. The molecule has 0 N–H and O–H groups in total. The zero-order chi connectivity index (χ0) is 20.5. The Morgan fingerprint density at radius 1 is 0.931 bits per heavy atom. The molecule has 0 aliphatic carbocycles. The molecule has 1 nitrogen and oxygen atoms in total. The number of nitrogens with zero attached hydrogens (tertiary/aromatic N) is 1. The zero-order valence-electron chi connectivity index (χ0n) is 19.0. The van der Waals surface area contributed by atoms with Gasteiger partial charge in [0.15, 0.2) is 0 Å². The van der Waals surface area contributed by atoms with Gasteiger partial charge in [0.1, 0.15) is 5.69 Å². The molecule has 1 aliphatic rings. The van der Waals surface area contributed by atoms with Gasteiger partial charge in [0, 0.05) is 26.0 Å². The van der Waals surface area contributed by atoms with Crippen molar-refractivity contribution in [1.82, 2.24) is 0 Å². The van der Waals surface area contributed by atoms with E-state index in [1.165, 1.54) is 52.0 Å². The molecule has 1 aromatic heterocycles. The van der Waals surface area contributed by atoms with Gasteiger partial charge in [-0.05, 0) is 45.9 Å². The van der Waals surface area contributed by atoms with Crippen LogP contribution in [0.4, 0.5) is 0 Å². The summed E-state index contributed by atoms with van der Waals surface area (Å²) in [5, 5.41) is 2.60. The summed E-state index contributed by atoms with van der Waals surface area (Å²) in [7, 11) is 0.